The monoisotopic (exact) mass is 304 g/mol. The van der Waals surface area contributed by atoms with Crippen LogP contribution in [-0.2, 0) is 6.61 Å². The summed E-state index contributed by atoms with van der Waals surface area (Å²) in [5.74, 6) is 1.50. The van der Waals surface area contributed by atoms with Gasteiger partial charge in [-0.25, -0.2) is 0 Å². The molecule has 2 nitrogen and oxygen atoms in total. The predicted octanol–water partition coefficient (Wildman–Crippen LogP) is 5.14. The molecule has 0 bridgehead atoms. The van der Waals surface area contributed by atoms with Crippen LogP contribution in [-0.4, -0.2) is 7.11 Å². The van der Waals surface area contributed by atoms with Crippen LogP contribution in [0.4, 0.5) is 0 Å². The molecule has 3 rings (SSSR count). The van der Waals surface area contributed by atoms with Gasteiger partial charge in [-0.3, -0.25) is 0 Å². The minimum atomic E-state index is 0.525. The van der Waals surface area contributed by atoms with E-state index in [0.717, 1.165) is 21.4 Å². The summed E-state index contributed by atoms with van der Waals surface area (Å²) in [5, 5.41) is 1.95. The molecule has 3 aromatic rings. The van der Waals surface area contributed by atoms with Crippen LogP contribution in [0, 0.1) is 0 Å². The Hall–Kier alpha value is -1.71. The van der Waals surface area contributed by atoms with Gasteiger partial charge in [0.2, 0.25) is 0 Å². The number of hydrogen-bond acceptors (Lipinski definition) is 3. The number of halogens is 1. The second-order valence-electron chi connectivity index (χ2n) is 4.33. The molecule has 2 aromatic carbocycles. The molecule has 0 radical (unpaired) electrons. The molecule has 0 spiro atoms. The number of para-hydroxylation sites is 2. The molecule has 0 unspecified atom stereocenters. The Kier molecular flexibility index (Phi) is 3.81. The van der Waals surface area contributed by atoms with Gasteiger partial charge in [0.1, 0.15) is 6.61 Å². The average Bonchev–Trinajstić information content (AvgIpc) is 2.87. The lowest BCUT2D eigenvalue weighted by Gasteiger charge is -2.08. The highest BCUT2D eigenvalue weighted by Gasteiger charge is 2.06. The second-order valence-corrected chi connectivity index (χ2v) is 5.94. The molecule has 1 aromatic heterocycles. The van der Waals surface area contributed by atoms with Crippen molar-refractivity contribution in [2.75, 3.05) is 7.11 Å². The van der Waals surface area contributed by atoms with Gasteiger partial charge in [-0.15, -0.1) is 11.3 Å². The van der Waals surface area contributed by atoms with Crippen LogP contribution in [0.1, 0.15) is 4.88 Å². The predicted molar refractivity (Wildman–Crippen MR) is 84.2 cm³/mol. The standard InChI is InChI=1S/C16H13ClO2S/c1-18-14-4-2-3-5-15(14)19-10-13-8-11-6-7-12(17)9-16(11)20-13/h2-9H,10H2,1H3. The zero-order valence-corrected chi connectivity index (χ0v) is 12.5. The van der Waals surface area contributed by atoms with E-state index in [-0.39, 0.29) is 0 Å². The third kappa shape index (κ3) is 2.74. The first-order valence-electron chi connectivity index (χ1n) is 6.20. The smallest absolute Gasteiger partial charge is 0.161 e. The molecular formula is C16H13ClO2S. The van der Waals surface area contributed by atoms with Crippen molar-refractivity contribution >= 4 is 33.0 Å². The first-order valence-corrected chi connectivity index (χ1v) is 7.39. The van der Waals surface area contributed by atoms with Crippen molar-refractivity contribution in [2.24, 2.45) is 0 Å². The maximum Gasteiger partial charge on any atom is 0.161 e. The number of fused-ring (bicyclic) bond motifs is 1. The Labute approximate surface area is 126 Å². The number of rotatable bonds is 4. The lowest BCUT2D eigenvalue weighted by Crippen LogP contribution is -1.95. The van der Waals surface area contributed by atoms with E-state index in [9.17, 15) is 0 Å². The van der Waals surface area contributed by atoms with Gasteiger partial charge in [0.15, 0.2) is 11.5 Å². The van der Waals surface area contributed by atoms with E-state index in [1.807, 2.05) is 42.5 Å². The molecule has 0 atom stereocenters. The van der Waals surface area contributed by atoms with Crippen LogP contribution in [0.25, 0.3) is 10.1 Å². The van der Waals surface area contributed by atoms with Gasteiger partial charge in [0.05, 0.1) is 7.11 Å². The number of methoxy groups -OCH3 is 1. The second kappa shape index (κ2) is 5.73. The molecule has 0 saturated carbocycles. The molecule has 0 fully saturated rings. The van der Waals surface area contributed by atoms with Crippen molar-refractivity contribution in [2.45, 2.75) is 6.61 Å². The Balaban J connectivity index is 1.79. The van der Waals surface area contributed by atoms with E-state index in [2.05, 4.69) is 6.07 Å². The largest absolute Gasteiger partial charge is 0.493 e. The quantitative estimate of drug-likeness (QED) is 0.664. The molecule has 1 heterocycles. The molecule has 0 N–H and O–H groups in total. The molecule has 20 heavy (non-hydrogen) atoms. The summed E-state index contributed by atoms with van der Waals surface area (Å²) in [5.41, 5.74) is 0. The molecule has 0 saturated heterocycles. The van der Waals surface area contributed by atoms with Gasteiger partial charge in [-0.2, -0.15) is 0 Å². The van der Waals surface area contributed by atoms with Crippen LogP contribution >= 0.6 is 22.9 Å². The lowest BCUT2D eigenvalue weighted by molar-refractivity contribution is 0.287. The molecule has 4 heteroatoms. The first kappa shape index (κ1) is 13.3. The fraction of sp³-hybridized carbons (Fsp3) is 0.125. The van der Waals surface area contributed by atoms with Crippen LogP contribution in [0.3, 0.4) is 0 Å². The molecule has 0 aliphatic carbocycles. The van der Waals surface area contributed by atoms with E-state index in [0.29, 0.717) is 6.61 Å². The number of thiophene rings is 1. The van der Waals surface area contributed by atoms with E-state index in [1.165, 1.54) is 10.1 Å². The molecule has 0 aliphatic heterocycles. The van der Waals surface area contributed by atoms with Crippen LogP contribution in [0.15, 0.2) is 48.5 Å². The zero-order valence-electron chi connectivity index (χ0n) is 10.9. The summed E-state index contributed by atoms with van der Waals surface area (Å²) < 4.78 is 12.3. The van der Waals surface area contributed by atoms with Gasteiger partial charge in [-0.05, 0) is 35.7 Å². The summed E-state index contributed by atoms with van der Waals surface area (Å²) >= 11 is 7.69. The van der Waals surface area contributed by atoms with Crippen LogP contribution in [0.2, 0.25) is 5.02 Å². The Morgan fingerprint density at radius 3 is 2.65 bits per heavy atom. The lowest BCUT2D eigenvalue weighted by atomic mass is 10.2. The van der Waals surface area contributed by atoms with Crippen molar-refractivity contribution in [1.29, 1.82) is 0 Å². The minimum Gasteiger partial charge on any atom is -0.493 e. The molecule has 102 valence electrons. The van der Waals surface area contributed by atoms with Crippen molar-refractivity contribution < 1.29 is 9.47 Å². The number of ether oxygens (including phenoxy) is 2. The van der Waals surface area contributed by atoms with Crippen LogP contribution in [0.5, 0.6) is 11.5 Å². The number of hydrogen-bond donors (Lipinski definition) is 0. The van der Waals surface area contributed by atoms with Crippen molar-refractivity contribution in [3.63, 3.8) is 0 Å². The summed E-state index contributed by atoms with van der Waals surface area (Å²) in [6, 6.07) is 15.7. The fourth-order valence-electron chi connectivity index (χ4n) is 2.02. The van der Waals surface area contributed by atoms with Gasteiger partial charge in [0.25, 0.3) is 0 Å². The molecular weight excluding hydrogens is 292 g/mol. The van der Waals surface area contributed by atoms with E-state index in [1.54, 1.807) is 18.4 Å². The summed E-state index contributed by atoms with van der Waals surface area (Å²) in [6.07, 6.45) is 0. The number of benzene rings is 2. The third-order valence-corrected chi connectivity index (χ3v) is 4.28. The molecule has 0 aliphatic rings. The zero-order chi connectivity index (χ0) is 13.9. The van der Waals surface area contributed by atoms with E-state index < -0.39 is 0 Å². The normalized spacial score (nSPS) is 10.7. The Morgan fingerprint density at radius 1 is 1.05 bits per heavy atom. The van der Waals surface area contributed by atoms with Gasteiger partial charge < -0.3 is 9.47 Å². The van der Waals surface area contributed by atoms with Crippen molar-refractivity contribution in [3.8, 4) is 11.5 Å². The third-order valence-electron chi connectivity index (χ3n) is 2.97. The summed E-state index contributed by atoms with van der Waals surface area (Å²) in [7, 11) is 1.64. The highest BCUT2D eigenvalue weighted by atomic mass is 35.5. The topological polar surface area (TPSA) is 18.5 Å². The van der Waals surface area contributed by atoms with Gasteiger partial charge in [0, 0.05) is 14.6 Å². The summed E-state index contributed by atoms with van der Waals surface area (Å²) in [4.78, 5) is 1.16. The van der Waals surface area contributed by atoms with E-state index in [4.69, 9.17) is 21.1 Å². The van der Waals surface area contributed by atoms with Gasteiger partial charge >= 0.3 is 0 Å². The maximum absolute atomic E-state index is 6.00. The maximum atomic E-state index is 6.00. The van der Waals surface area contributed by atoms with Crippen molar-refractivity contribution in [3.05, 3.63) is 58.4 Å². The fourth-order valence-corrected chi connectivity index (χ4v) is 3.27. The highest BCUT2D eigenvalue weighted by Crippen LogP contribution is 2.31. The highest BCUT2D eigenvalue weighted by molar-refractivity contribution is 7.19. The Morgan fingerprint density at radius 2 is 1.85 bits per heavy atom. The van der Waals surface area contributed by atoms with E-state index >= 15 is 0 Å². The van der Waals surface area contributed by atoms with Gasteiger partial charge in [-0.1, -0.05) is 29.8 Å². The van der Waals surface area contributed by atoms with Crippen LogP contribution < -0.4 is 9.47 Å². The SMILES string of the molecule is COc1ccccc1OCc1cc2ccc(Cl)cc2s1. The minimum absolute atomic E-state index is 0.525. The molecule has 0 amide bonds. The average molecular weight is 305 g/mol. The summed E-state index contributed by atoms with van der Waals surface area (Å²) in [6.45, 7) is 0.525. The first-order chi connectivity index (χ1) is 9.76. The van der Waals surface area contributed by atoms with Crippen molar-refractivity contribution in [1.82, 2.24) is 0 Å². The Bertz CT molecular complexity index is 736.